The number of aromatic nitrogens is 2. The summed E-state index contributed by atoms with van der Waals surface area (Å²) in [6.45, 7) is 0. The van der Waals surface area contributed by atoms with E-state index in [4.69, 9.17) is 23.2 Å². The molecule has 3 nitrogen and oxygen atoms in total. The molecule has 0 unspecified atom stereocenters. The van der Waals surface area contributed by atoms with Crippen LogP contribution in [0.2, 0.25) is 10.0 Å². The van der Waals surface area contributed by atoms with Crippen LogP contribution in [-0.2, 0) is 5.75 Å². The van der Waals surface area contributed by atoms with Crippen molar-refractivity contribution >= 4 is 46.5 Å². The van der Waals surface area contributed by atoms with Crippen molar-refractivity contribution in [3.63, 3.8) is 0 Å². The first-order valence-corrected chi connectivity index (χ1v) is 11.2. The lowest BCUT2D eigenvalue weighted by atomic mass is 10.2. The molecule has 0 aliphatic rings. The van der Waals surface area contributed by atoms with Crippen molar-refractivity contribution in [2.45, 2.75) is 10.9 Å². The van der Waals surface area contributed by atoms with Crippen molar-refractivity contribution in [1.82, 2.24) is 9.55 Å². The van der Waals surface area contributed by atoms with E-state index in [1.165, 1.54) is 42.1 Å². The lowest BCUT2D eigenvalue weighted by molar-refractivity contribution is 0.566. The van der Waals surface area contributed by atoms with Crippen LogP contribution >= 0.6 is 35.0 Å². The standard InChI is InChI=1S/C23H16Cl2F3N3S/c1-30(16-9-10-18(24)19(25)11-16)22-12-29-23(31(22)15-7-5-14(26)6-8-15)32-13-17-20(27)3-2-4-21(17)28/h2-12H,13H2,1H3. The Hall–Kier alpha value is -2.61. The number of nitrogens with zero attached hydrogens (tertiary/aromatic N) is 3. The van der Waals surface area contributed by atoms with Gasteiger partial charge < -0.3 is 4.90 Å². The lowest BCUT2D eigenvalue weighted by Crippen LogP contribution is -2.14. The second-order valence-corrected chi connectivity index (χ2v) is 8.61. The monoisotopic (exact) mass is 493 g/mol. The van der Waals surface area contributed by atoms with Crippen LogP contribution in [-0.4, -0.2) is 16.6 Å². The molecule has 4 aromatic rings. The largest absolute Gasteiger partial charge is 0.329 e. The van der Waals surface area contributed by atoms with Crippen LogP contribution in [0.25, 0.3) is 5.69 Å². The fraction of sp³-hybridized carbons (Fsp3) is 0.0870. The van der Waals surface area contributed by atoms with Crippen molar-refractivity contribution in [2.24, 2.45) is 0 Å². The molecule has 0 saturated heterocycles. The minimum absolute atomic E-state index is 0.0344. The summed E-state index contributed by atoms with van der Waals surface area (Å²) >= 11 is 13.4. The Bertz CT molecular complexity index is 1240. The summed E-state index contributed by atoms with van der Waals surface area (Å²) in [5.74, 6) is -0.939. The van der Waals surface area contributed by atoms with Crippen LogP contribution in [0, 0.1) is 17.5 Å². The molecule has 1 aromatic heterocycles. The van der Waals surface area contributed by atoms with Gasteiger partial charge in [-0.25, -0.2) is 18.2 Å². The first-order chi connectivity index (χ1) is 15.3. The number of imidazole rings is 1. The summed E-state index contributed by atoms with van der Waals surface area (Å²) in [4.78, 5) is 6.30. The molecule has 1 heterocycles. The third-order valence-corrected chi connectivity index (χ3v) is 6.56. The maximum Gasteiger partial charge on any atom is 0.174 e. The summed E-state index contributed by atoms with van der Waals surface area (Å²) in [5.41, 5.74) is 1.35. The quantitative estimate of drug-likeness (QED) is 0.257. The predicted octanol–water partition coefficient (Wildman–Crippen LogP) is 7.66. The minimum atomic E-state index is -0.620. The second-order valence-electron chi connectivity index (χ2n) is 6.86. The number of hydrogen-bond acceptors (Lipinski definition) is 3. The highest BCUT2D eigenvalue weighted by Gasteiger charge is 2.19. The highest BCUT2D eigenvalue weighted by atomic mass is 35.5. The molecular weight excluding hydrogens is 478 g/mol. The Morgan fingerprint density at radius 1 is 0.938 bits per heavy atom. The number of halogens is 5. The molecule has 0 aliphatic carbocycles. The van der Waals surface area contributed by atoms with Crippen molar-refractivity contribution in [2.75, 3.05) is 11.9 Å². The van der Waals surface area contributed by atoms with E-state index in [1.54, 1.807) is 41.1 Å². The van der Waals surface area contributed by atoms with E-state index in [1.807, 2.05) is 11.9 Å². The Kier molecular flexibility index (Phi) is 6.69. The molecule has 0 N–H and O–H groups in total. The Labute approximate surface area is 197 Å². The van der Waals surface area contributed by atoms with Gasteiger partial charge in [0.05, 0.1) is 16.2 Å². The van der Waals surface area contributed by atoms with E-state index in [0.29, 0.717) is 26.7 Å². The van der Waals surface area contributed by atoms with E-state index < -0.39 is 11.6 Å². The van der Waals surface area contributed by atoms with E-state index in [2.05, 4.69) is 4.98 Å². The molecule has 3 aromatic carbocycles. The fourth-order valence-corrected chi connectivity index (χ4v) is 4.43. The van der Waals surface area contributed by atoms with Gasteiger partial charge in [-0.3, -0.25) is 4.57 Å². The summed E-state index contributed by atoms with van der Waals surface area (Å²) in [6, 6.07) is 14.9. The van der Waals surface area contributed by atoms with Crippen LogP contribution < -0.4 is 4.90 Å². The van der Waals surface area contributed by atoms with E-state index in [0.717, 1.165) is 5.69 Å². The van der Waals surface area contributed by atoms with E-state index >= 15 is 0 Å². The van der Waals surface area contributed by atoms with Crippen LogP contribution in [0.5, 0.6) is 0 Å². The van der Waals surface area contributed by atoms with E-state index in [-0.39, 0.29) is 17.1 Å². The molecule has 164 valence electrons. The number of thioether (sulfide) groups is 1. The van der Waals surface area contributed by atoms with Gasteiger partial charge in [-0.1, -0.05) is 41.0 Å². The normalized spacial score (nSPS) is 11.1. The summed E-state index contributed by atoms with van der Waals surface area (Å²) in [6.07, 6.45) is 1.63. The molecule has 0 spiro atoms. The van der Waals surface area contributed by atoms with Crippen molar-refractivity contribution in [3.05, 3.63) is 99.9 Å². The minimum Gasteiger partial charge on any atom is -0.329 e. The maximum atomic E-state index is 14.1. The Balaban J connectivity index is 1.74. The third-order valence-electron chi connectivity index (χ3n) is 4.84. The zero-order valence-electron chi connectivity index (χ0n) is 16.7. The maximum absolute atomic E-state index is 14.1. The average Bonchev–Trinajstić information content (AvgIpc) is 3.19. The molecule has 0 amide bonds. The zero-order valence-corrected chi connectivity index (χ0v) is 19.0. The first-order valence-electron chi connectivity index (χ1n) is 9.43. The molecule has 0 fully saturated rings. The molecule has 0 radical (unpaired) electrons. The van der Waals surface area contributed by atoms with Gasteiger partial charge in [-0.05, 0) is 54.6 Å². The molecule has 9 heteroatoms. The molecule has 0 atom stereocenters. The van der Waals surface area contributed by atoms with Gasteiger partial charge in [-0.2, -0.15) is 0 Å². The Morgan fingerprint density at radius 2 is 1.62 bits per heavy atom. The molecule has 0 aliphatic heterocycles. The summed E-state index contributed by atoms with van der Waals surface area (Å²) in [5, 5.41) is 1.31. The second kappa shape index (κ2) is 9.48. The van der Waals surface area contributed by atoms with Gasteiger partial charge in [0.2, 0.25) is 0 Å². The molecule has 0 bridgehead atoms. The van der Waals surface area contributed by atoms with Crippen LogP contribution in [0.3, 0.4) is 0 Å². The fourth-order valence-electron chi connectivity index (χ4n) is 3.13. The molecular formula is C23H16Cl2F3N3S. The summed E-state index contributed by atoms with van der Waals surface area (Å²) in [7, 11) is 1.82. The van der Waals surface area contributed by atoms with Crippen LogP contribution in [0.4, 0.5) is 24.7 Å². The zero-order chi connectivity index (χ0) is 22.8. The number of benzene rings is 3. The van der Waals surface area contributed by atoms with Crippen molar-refractivity contribution in [1.29, 1.82) is 0 Å². The predicted molar refractivity (Wildman–Crippen MR) is 124 cm³/mol. The highest BCUT2D eigenvalue weighted by Crippen LogP contribution is 2.35. The first kappa shape index (κ1) is 22.6. The van der Waals surface area contributed by atoms with Gasteiger partial charge in [0.1, 0.15) is 23.3 Å². The smallest absolute Gasteiger partial charge is 0.174 e. The SMILES string of the molecule is CN(c1ccc(Cl)c(Cl)c1)c1cnc(SCc2c(F)cccc2F)n1-c1ccc(F)cc1. The number of hydrogen-bond donors (Lipinski definition) is 0. The van der Waals surface area contributed by atoms with Crippen LogP contribution in [0.15, 0.2) is 72.0 Å². The lowest BCUT2D eigenvalue weighted by Gasteiger charge is -2.22. The number of anilines is 2. The van der Waals surface area contributed by atoms with E-state index in [9.17, 15) is 13.2 Å². The van der Waals surface area contributed by atoms with Gasteiger partial charge in [-0.15, -0.1) is 0 Å². The third kappa shape index (κ3) is 4.60. The van der Waals surface area contributed by atoms with Gasteiger partial charge >= 0.3 is 0 Å². The Morgan fingerprint density at radius 3 is 2.28 bits per heavy atom. The topological polar surface area (TPSA) is 21.1 Å². The number of rotatable bonds is 6. The van der Waals surface area contributed by atoms with Crippen molar-refractivity contribution < 1.29 is 13.2 Å². The molecule has 4 rings (SSSR count). The average molecular weight is 494 g/mol. The van der Waals surface area contributed by atoms with Gasteiger partial charge in [0.25, 0.3) is 0 Å². The van der Waals surface area contributed by atoms with Gasteiger partial charge in [0.15, 0.2) is 5.16 Å². The highest BCUT2D eigenvalue weighted by molar-refractivity contribution is 7.98. The van der Waals surface area contributed by atoms with Crippen molar-refractivity contribution in [3.8, 4) is 5.69 Å². The summed E-state index contributed by atoms with van der Waals surface area (Å²) < 4.78 is 43.5. The van der Waals surface area contributed by atoms with Crippen LogP contribution in [0.1, 0.15) is 5.56 Å². The molecule has 0 saturated carbocycles. The van der Waals surface area contributed by atoms with Gasteiger partial charge in [0, 0.05) is 29.7 Å². The molecule has 32 heavy (non-hydrogen) atoms.